The van der Waals surface area contributed by atoms with E-state index < -0.39 is 17.6 Å². The van der Waals surface area contributed by atoms with Crippen LogP contribution in [-0.4, -0.2) is 16.7 Å². The van der Waals surface area contributed by atoms with Crippen molar-refractivity contribution >= 4 is 46.0 Å². The first-order valence-electron chi connectivity index (χ1n) is 6.07. The van der Waals surface area contributed by atoms with Gasteiger partial charge in [0.15, 0.2) is 0 Å². The Kier molecular flexibility index (Phi) is 3.71. The van der Waals surface area contributed by atoms with Gasteiger partial charge in [-0.3, -0.25) is 14.5 Å². The summed E-state index contributed by atoms with van der Waals surface area (Å²) >= 11 is 7.71. The number of amides is 2. The standard InChI is InChI=1S/C15H8ClFINO2/c16-9-5-4-8(11(17)6-9)7-19-14(20)10-2-1-3-12(18)13(10)15(19)21/h1-6H,7H2. The molecule has 2 aromatic rings. The smallest absolute Gasteiger partial charge is 0.262 e. The van der Waals surface area contributed by atoms with Crippen molar-refractivity contribution in [2.45, 2.75) is 6.54 Å². The fourth-order valence-corrected chi connectivity index (χ4v) is 3.14. The summed E-state index contributed by atoms with van der Waals surface area (Å²) < 4.78 is 14.5. The maximum Gasteiger partial charge on any atom is 0.262 e. The average Bonchev–Trinajstić information content (AvgIpc) is 2.68. The third kappa shape index (κ3) is 2.44. The van der Waals surface area contributed by atoms with Gasteiger partial charge in [-0.1, -0.05) is 23.7 Å². The van der Waals surface area contributed by atoms with E-state index in [0.29, 0.717) is 14.7 Å². The fourth-order valence-electron chi connectivity index (χ4n) is 2.26. The van der Waals surface area contributed by atoms with Crippen LogP contribution in [0.25, 0.3) is 0 Å². The summed E-state index contributed by atoms with van der Waals surface area (Å²) in [5.74, 6) is -1.33. The Morgan fingerprint density at radius 1 is 1.14 bits per heavy atom. The van der Waals surface area contributed by atoms with Crippen molar-refractivity contribution < 1.29 is 14.0 Å². The zero-order valence-corrected chi connectivity index (χ0v) is 13.5. The lowest BCUT2D eigenvalue weighted by Gasteiger charge is -2.14. The maximum atomic E-state index is 13.8. The van der Waals surface area contributed by atoms with Gasteiger partial charge in [0, 0.05) is 14.2 Å². The van der Waals surface area contributed by atoms with Crippen LogP contribution >= 0.6 is 34.2 Å². The highest BCUT2D eigenvalue weighted by Gasteiger charge is 2.37. The second-order valence-electron chi connectivity index (χ2n) is 4.59. The molecule has 1 aliphatic rings. The van der Waals surface area contributed by atoms with Gasteiger partial charge < -0.3 is 0 Å². The summed E-state index contributed by atoms with van der Waals surface area (Å²) in [6, 6.07) is 9.26. The molecule has 21 heavy (non-hydrogen) atoms. The van der Waals surface area contributed by atoms with Crippen molar-refractivity contribution in [3.63, 3.8) is 0 Å². The lowest BCUT2D eigenvalue weighted by molar-refractivity contribution is 0.0640. The molecule has 3 rings (SSSR count). The van der Waals surface area contributed by atoms with E-state index in [4.69, 9.17) is 11.6 Å². The third-order valence-corrected chi connectivity index (χ3v) is 4.43. The molecule has 0 unspecified atom stereocenters. The van der Waals surface area contributed by atoms with Crippen LogP contribution in [0.15, 0.2) is 36.4 Å². The number of benzene rings is 2. The zero-order chi connectivity index (χ0) is 15.1. The summed E-state index contributed by atoms with van der Waals surface area (Å²) in [5.41, 5.74) is 1.00. The highest BCUT2D eigenvalue weighted by molar-refractivity contribution is 14.1. The van der Waals surface area contributed by atoms with Crippen molar-refractivity contribution in [3.8, 4) is 0 Å². The molecule has 1 heterocycles. The second kappa shape index (κ2) is 5.38. The number of hydrogen-bond donors (Lipinski definition) is 0. The predicted octanol–water partition coefficient (Wildman–Crippen LogP) is 3.88. The second-order valence-corrected chi connectivity index (χ2v) is 6.19. The molecule has 0 fully saturated rings. The Hall–Kier alpha value is -1.47. The molecule has 2 amide bonds. The fraction of sp³-hybridized carbons (Fsp3) is 0.0667. The number of carbonyl (C=O) groups is 2. The van der Waals surface area contributed by atoms with Gasteiger partial charge in [-0.05, 0) is 46.9 Å². The van der Waals surface area contributed by atoms with Gasteiger partial charge in [0.1, 0.15) is 5.82 Å². The largest absolute Gasteiger partial charge is 0.270 e. The lowest BCUT2D eigenvalue weighted by Crippen LogP contribution is -2.29. The molecular formula is C15H8ClFINO2. The summed E-state index contributed by atoms with van der Waals surface area (Å²) in [6.45, 7) is -0.106. The Morgan fingerprint density at radius 2 is 1.90 bits per heavy atom. The quantitative estimate of drug-likeness (QED) is 0.551. The van der Waals surface area contributed by atoms with E-state index in [0.717, 1.165) is 4.90 Å². The molecule has 2 aromatic carbocycles. The van der Waals surface area contributed by atoms with Crippen LogP contribution < -0.4 is 0 Å². The normalized spacial score (nSPS) is 13.8. The van der Waals surface area contributed by atoms with E-state index in [-0.39, 0.29) is 17.1 Å². The van der Waals surface area contributed by atoms with Crippen LogP contribution in [0, 0.1) is 9.39 Å². The molecule has 0 saturated carbocycles. The van der Waals surface area contributed by atoms with Gasteiger partial charge >= 0.3 is 0 Å². The SMILES string of the molecule is O=C1c2cccc(I)c2C(=O)N1Cc1ccc(Cl)cc1F. The van der Waals surface area contributed by atoms with Crippen molar-refractivity contribution in [2.75, 3.05) is 0 Å². The Labute approximate surface area is 138 Å². The van der Waals surface area contributed by atoms with E-state index in [1.807, 2.05) is 22.6 Å². The number of halogens is 3. The van der Waals surface area contributed by atoms with Gasteiger partial charge in [-0.15, -0.1) is 0 Å². The van der Waals surface area contributed by atoms with Crippen LogP contribution in [0.3, 0.4) is 0 Å². The molecule has 3 nitrogen and oxygen atoms in total. The van der Waals surface area contributed by atoms with Crippen LogP contribution in [0.1, 0.15) is 26.3 Å². The van der Waals surface area contributed by atoms with Crippen LogP contribution in [-0.2, 0) is 6.54 Å². The number of hydrogen-bond acceptors (Lipinski definition) is 2. The third-order valence-electron chi connectivity index (χ3n) is 3.29. The summed E-state index contributed by atoms with van der Waals surface area (Å²) in [4.78, 5) is 25.7. The molecule has 0 spiro atoms. The van der Waals surface area contributed by atoms with Crippen molar-refractivity contribution in [2.24, 2.45) is 0 Å². The number of nitrogens with zero attached hydrogens (tertiary/aromatic N) is 1. The minimum absolute atomic E-state index is 0.106. The summed E-state index contributed by atoms with van der Waals surface area (Å²) in [7, 11) is 0. The van der Waals surface area contributed by atoms with Gasteiger partial charge in [0.25, 0.3) is 11.8 Å². The molecule has 6 heteroatoms. The van der Waals surface area contributed by atoms with Crippen LogP contribution in [0.4, 0.5) is 4.39 Å². The van der Waals surface area contributed by atoms with Crippen LogP contribution in [0.2, 0.25) is 5.02 Å². The van der Waals surface area contributed by atoms with Gasteiger partial charge in [0.2, 0.25) is 0 Å². The molecule has 0 radical (unpaired) electrons. The summed E-state index contributed by atoms with van der Waals surface area (Å²) in [5, 5.41) is 0.271. The van der Waals surface area contributed by atoms with Crippen LogP contribution in [0.5, 0.6) is 0 Å². The molecule has 1 aliphatic heterocycles. The maximum absolute atomic E-state index is 13.8. The first-order chi connectivity index (χ1) is 9.99. The number of rotatable bonds is 2. The molecule has 0 N–H and O–H groups in total. The van der Waals surface area contributed by atoms with E-state index in [1.165, 1.54) is 18.2 Å². The number of carbonyl (C=O) groups excluding carboxylic acids is 2. The number of fused-ring (bicyclic) bond motifs is 1. The predicted molar refractivity (Wildman–Crippen MR) is 84.8 cm³/mol. The highest BCUT2D eigenvalue weighted by atomic mass is 127. The van der Waals surface area contributed by atoms with Gasteiger partial charge in [-0.2, -0.15) is 0 Å². The Bertz CT molecular complexity index is 778. The van der Waals surface area contributed by atoms with Gasteiger partial charge in [-0.25, -0.2) is 4.39 Å². The Morgan fingerprint density at radius 3 is 2.57 bits per heavy atom. The topological polar surface area (TPSA) is 37.4 Å². The molecule has 106 valence electrons. The zero-order valence-electron chi connectivity index (χ0n) is 10.6. The van der Waals surface area contributed by atoms with E-state index in [1.54, 1.807) is 18.2 Å². The highest BCUT2D eigenvalue weighted by Crippen LogP contribution is 2.29. The monoisotopic (exact) mass is 415 g/mol. The first kappa shape index (κ1) is 14.5. The molecule has 0 bridgehead atoms. The van der Waals surface area contributed by atoms with Gasteiger partial charge in [0.05, 0.1) is 17.7 Å². The molecular weight excluding hydrogens is 408 g/mol. The minimum atomic E-state index is -0.534. The van der Waals surface area contributed by atoms with Crippen molar-refractivity contribution in [1.29, 1.82) is 0 Å². The molecule has 0 atom stereocenters. The van der Waals surface area contributed by atoms with Crippen molar-refractivity contribution in [1.82, 2.24) is 4.90 Å². The molecule has 0 aromatic heterocycles. The number of imide groups is 1. The van der Waals surface area contributed by atoms with E-state index >= 15 is 0 Å². The lowest BCUT2D eigenvalue weighted by atomic mass is 10.1. The Balaban J connectivity index is 1.97. The minimum Gasteiger partial charge on any atom is -0.270 e. The van der Waals surface area contributed by atoms with E-state index in [2.05, 4.69) is 0 Å². The molecule has 0 aliphatic carbocycles. The first-order valence-corrected chi connectivity index (χ1v) is 7.53. The summed E-state index contributed by atoms with van der Waals surface area (Å²) in [6.07, 6.45) is 0. The van der Waals surface area contributed by atoms with Crippen molar-refractivity contribution in [3.05, 3.63) is 67.5 Å². The average molecular weight is 416 g/mol. The van der Waals surface area contributed by atoms with E-state index in [9.17, 15) is 14.0 Å². The molecule has 0 saturated heterocycles.